The second-order valence-corrected chi connectivity index (χ2v) is 8.38. The maximum atomic E-state index is 15.7. The van der Waals surface area contributed by atoms with Crippen molar-refractivity contribution in [2.45, 2.75) is 66.2 Å². The lowest BCUT2D eigenvalue weighted by atomic mass is 9.76. The lowest BCUT2D eigenvalue weighted by molar-refractivity contribution is 0.358. The monoisotopic (exact) mass is 398 g/mol. The third kappa shape index (κ3) is 5.64. The number of halogens is 1. The Bertz CT molecular complexity index is 1030. The van der Waals surface area contributed by atoms with Crippen LogP contribution in [0, 0.1) is 36.5 Å². The largest absolute Gasteiger partial charge is 0.206 e. The van der Waals surface area contributed by atoms with E-state index in [9.17, 15) is 0 Å². The first-order valence-corrected chi connectivity index (χ1v) is 11.0. The van der Waals surface area contributed by atoms with Gasteiger partial charge in [0.25, 0.3) is 0 Å². The molecule has 154 valence electrons. The molecule has 1 heteroatoms. The van der Waals surface area contributed by atoms with E-state index in [1.54, 1.807) is 0 Å². The molecule has 0 unspecified atom stereocenters. The fraction of sp³-hybridized carbons (Fsp3) is 0.379. The van der Waals surface area contributed by atoms with Gasteiger partial charge in [-0.05, 0) is 70.9 Å². The van der Waals surface area contributed by atoms with Gasteiger partial charge >= 0.3 is 0 Å². The molecule has 0 nitrogen and oxygen atoms in total. The Morgan fingerprint density at radius 2 is 1.73 bits per heavy atom. The summed E-state index contributed by atoms with van der Waals surface area (Å²) in [6.07, 6.45) is 10.1. The summed E-state index contributed by atoms with van der Waals surface area (Å²) in [5.41, 5.74) is 6.84. The molecule has 2 aliphatic rings. The van der Waals surface area contributed by atoms with Crippen molar-refractivity contribution in [3.05, 3.63) is 81.2 Å². The maximum Gasteiger partial charge on any atom is 0.139 e. The number of benzene rings is 1. The molecule has 0 atom stereocenters. The van der Waals surface area contributed by atoms with Crippen LogP contribution in [0.15, 0.2) is 70.1 Å². The molecule has 1 aromatic carbocycles. The van der Waals surface area contributed by atoms with E-state index in [0.29, 0.717) is 12.0 Å². The number of allylic oxidation sites excluding steroid dienone is 8. The smallest absolute Gasteiger partial charge is 0.139 e. The minimum atomic E-state index is -0.151. The van der Waals surface area contributed by atoms with Gasteiger partial charge in [0.15, 0.2) is 0 Å². The van der Waals surface area contributed by atoms with E-state index >= 15 is 4.39 Å². The molecule has 1 saturated carbocycles. The van der Waals surface area contributed by atoms with Gasteiger partial charge in [-0.3, -0.25) is 0 Å². The van der Waals surface area contributed by atoms with E-state index in [2.05, 4.69) is 49.7 Å². The predicted molar refractivity (Wildman–Crippen MR) is 125 cm³/mol. The fourth-order valence-corrected chi connectivity index (χ4v) is 3.68. The highest BCUT2D eigenvalue weighted by molar-refractivity contribution is 5.52. The van der Waals surface area contributed by atoms with Crippen LogP contribution in [0.3, 0.4) is 0 Å². The lowest BCUT2D eigenvalue weighted by Gasteiger charge is -2.28. The maximum absolute atomic E-state index is 15.7. The molecule has 0 saturated heterocycles. The summed E-state index contributed by atoms with van der Waals surface area (Å²) in [7, 11) is 0. The molecule has 30 heavy (non-hydrogen) atoms. The summed E-state index contributed by atoms with van der Waals surface area (Å²) in [4.78, 5) is 0. The van der Waals surface area contributed by atoms with Crippen LogP contribution in [0.2, 0.25) is 0 Å². The second kappa shape index (κ2) is 10.3. The van der Waals surface area contributed by atoms with Gasteiger partial charge in [-0.2, -0.15) is 0 Å². The van der Waals surface area contributed by atoms with Gasteiger partial charge in [0.05, 0.1) is 0 Å². The molecule has 3 rings (SSSR count). The summed E-state index contributed by atoms with van der Waals surface area (Å²) in [6, 6.07) is 8.04. The molecule has 1 fully saturated rings. The Morgan fingerprint density at radius 3 is 2.30 bits per heavy atom. The van der Waals surface area contributed by atoms with Gasteiger partial charge in [-0.1, -0.05) is 72.4 Å². The van der Waals surface area contributed by atoms with Crippen LogP contribution in [0.1, 0.15) is 70.4 Å². The van der Waals surface area contributed by atoms with Crippen LogP contribution in [0.25, 0.3) is 0 Å². The summed E-state index contributed by atoms with van der Waals surface area (Å²) < 4.78 is 15.7. The predicted octanol–water partition coefficient (Wildman–Crippen LogP) is 7.77. The Balaban J connectivity index is 1.95. The van der Waals surface area contributed by atoms with Crippen molar-refractivity contribution in [2.24, 2.45) is 5.92 Å². The van der Waals surface area contributed by atoms with Crippen molar-refractivity contribution in [3.63, 3.8) is 0 Å². The molecule has 0 N–H and O–H groups in total. The minimum absolute atomic E-state index is 0.151. The number of hydrogen-bond donors (Lipinski definition) is 0. The van der Waals surface area contributed by atoms with Gasteiger partial charge < -0.3 is 0 Å². The Morgan fingerprint density at radius 1 is 1.00 bits per heavy atom. The fourth-order valence-electron chi connectivity index (χ4n) is 3.68. The van der Waals surface area contributed by atoms with Crippen LogP contribution >= 0.6 is 0 Å². The number of aryl methyl sites for hydroxylation is 1. The zero-order valence-corrected chi connectivity index (χ0v) is 18.7. The molecule has 0 bridgehead atoms. The molecule has 2 aliphatic carbocycles. The SMILES string of the molecule is CC/C(C#Cc1ccc(C)cc1)=C(F)\C(=C(/C)C#CC1=CC=C(C)CC1)C1CCC1. The zero-order valence-electron chi connectivity index (χ0n) is 18.7. The van der Waals surface area contributed by atoms with Crippen molar-refractivity contribution in [2.75, 3.05) is 0 Å². The van der Waals surface area contributed by atoms with Crippen molar-refractivity contribution < 1.29 is 4.39 Å². The van der Waals surface area contributed by atoms with Crippen LogP contribution < -0.4 is 0 Å². The van der Waals surface area contributed by atoms with Gasteiger partial charge in [0, 0.05) is 27.9 Å². The highest BCUT2D eigenvalue weighted by atomic mass is 19.1. The van der Waals surface area contributed by atoms with Crippen molar-refractivity contribution in [1.29, 1.82) is 0 Å². The Hall–Kier alpha value is -2.77. The molecule has 0 amide bonds. The normalized spacial score (nSPS) is 17.8. The standard InChI is InChI=1S/C29H31F/c1-5-26(20-19-25-16-11-22(3)12-17-25)29(30)28(27-7-6-8-27)23(4)13-18-24-14-9-21(2)10-15-24/h9,11-12,14,16-17,27H,5-8,10,15H2,1-4H3/b28-23+,29-26-. The van der Waals surface area contributed by atoms with Crippen molar-refractivity contribution >= 4 is 0 Å². The van der Waals surface area contributed by atoms with Crippen molar-refractivity contribution in [3.8, 4) is 23.7 Å². The van der Waals surface area contributed by atoms with E-state index in [1.165, 1.54) is 11.1 Å². The van der Waals surface area contributed by atoms with Gasteiger partial charge in [0.2, 0.25) is 0 Å². The molecule has 0 spiro atoms. The van der Waals surface area contributed by atoms with Gasteiger partial charge in [-0.15, -0.1) is 0 Å². The molecule has 0 aliphatic heterocycles. The van der Waals surface area contributed by atoms with E-state index in [-0.39, 0.29) is 11.7 Å². The van der Waals surface area contributed by atoms with E-state index < -0.39 is 0 Å². The van der Waals surface area contributed by atoms with Crippen LogP contribution in [0.5, 0.6) is 0 Å². The molecule has 1 aromatic rings. The molecular weight excluding hydrogens is 367 g/mol. The summed E-state index contributed by atoms with van der Waals surface area (Å²) in [6.45, 7) is 8.13. The quantitative estimate of drug-likeness (QED) is 0.360. The number of rotatable bonds is 3. The molecular formula is C29H31F. The van der Waals surface area contributed by atoms with Crippen LogP contribution in [-0.2, 0) is 0 Å². The van der Waals surface area contributed by atoms with Crippen LogP contribution in [-0.4, -0.2) is 0 Å². The Kier molecular flexibility index (Phi) is 7.54. The topological polar surface area (TPSA) is 0 Å². The number of hydrogen-bond acceptors (Lipinski definition) is 0. The highest BCUT2D eigenvalue weighted by Crippen LogP contribution is 2.40. The van der Waals surface area contributed by atoms with Crippen molar-refractivity contribution in [1.82, 2.24) is 0 Å². The van der Waals surface area contributed by atoms with E-state index in [1.807, 2.05) is 38.1 Å². The van der Waals surface area contributed by atoms with Gasteiger partial charge in [-0.25, -0.2) is 4.39 Å². The molecule has 0 aromatic heterocycles. The highest BCUT2D eigenvalue weighted by Gasteiger charge is 2.27. The summed E-state index contributed by atoms with van der Waals surface area (Å²) in [5.74, 6) is 12.9. The third-order valence-electron chi connectivity index (χ3n) is 5.95. The first-order valence-electron chi connectivity index (χ1n) is 11.0. The van der Waals surface area contributed by atoms with E-state index in [0.717, 1.165) is 54.4 Å². The third-order valence-corrected chi connectivity index (χ3v) is 5.95. The Labute approximate surface area is 181 Å². The average Bonchev–Trinajstić information content (AvgIpc) is 2.71. The summed E-state index contributed by atoms with van der Waals surface area (Å²) in [5, 5.41) is 0. The lowest BCUT2D eigenvalue weighted by Crippen LogP contribution is -2.16. The molecule has 0 radical (unpaired) electrons. The van der Waals surface area contributed by atoms with E-state index in [4.69, 9.17) is 0 Å². The first-order chi connectivity index (χ1) is 14.5. The first kappa shape index (κ1) is 21.9. The van der Waals surface area contributed by atoms with Gasteiger partial charge in [0.1, 0.15) is 5.83 Å². The molecule has 0 heterocycles. The minimum Gasteiger partial charge on any atom is -0.206 e. The van der Waals surface area contributed by atoms with Crippen LogP contribution in [0.4, 0.5) is 4.39 Å². The summed E-state index contributed by atoms with van der Waals surface area (Å²) >= 11 is 0. The zero-order chi connectivity index (χ0) is 21.5. The average molecular weight is 399 g/mol. The second-order valence-electron chi connectivity index (χ2n) is 8.38.